The van der Waals surface area contributed by atoms with Crippen LogP contribution in [0.2, 0.25) is 0 Å². The molecule has 0 aliphatic carbocycles. The average molecular weight is 361 g/mol. The first-order valence-electron chi connectivity index (χ1n) is 7.54. The van der Waals surface area contributed by atoms with Gasteiger partial charge in [0.15, 0.2) is 9.84 Å². The zero-order valence-electron chi connectivity index (χ0n) is 13.9. The van der Waals surface area contributed by atoms with E-state index in [0.29, 0.717) is 5.75 Å². The normalized spacial score (nSPS) is 11.4. The SMILES string of the molecule is CCS(=O)(=O)c1ccc(O)c(NC(=O)/C=C/c2cccc(OC)c2)c1. The quantitative estimate of drug-likeness (QED) is 0.610. The van der Waals surface area contributed by atoms with E-state index in [1.54, 1.807) is 37.5 Å². The van der Waals surface area contributed by atoms with E-state index in [1.165, 1.54) is 31.2 Å². The van der Waals surface area contributed by atoms with E-state index in [4.69, 9.17) is 4.74 Å². The molecule has 0 fully saturated rings. The van der Waals surface area contributed by atoms with Crippen LogP contribution in [0.3, 0.4) is 0 Å². The van der Waals surface area contributed by atoms with E-state index < -0.39 is 15.7 Å². The lowest BCUT2D eigenvalue weighted by molar-refractivity contribution is -0.111. The molecule has 6 nitrogen and oxygen atoms in total. The number of rotatable bonds is 6. The van der Waals surface area contributed by atoms with Gasteiger partial charge in [-0.15, -0.1) is 0 Å². The summed E-state index contributed by atoms with van der Waals surface area (Å²) in [5.41, 5.74) is 0.802. The second-order valence-electron chi connectivity index (χ2n) is 5.18. The lowest BCUT2D eigenvalue weighted by Gasteiger charge is -2.08. The maximum Gasteiger partial charge on any atom is 0.248 e. The van der Waals surface area contributed by atoms with Gasteiger partial charge in [-0.3, -0.25) is 4.79 Å². The van der Waals surface area contributed by atoms with Crippen LogP contribution in [0, 0.1) is 0 Å². The Balaban J connectivity index is 2.17. The van der Waals surface area contributed by atoms with Crippen molar-refractivity contribution in [2.45, 2.75) is 11.8 Å². The Morgan fingerprint density at radius 1 is 1.24 bits per heavy atom. The fourth-order valence-corrected chi connectivity index (χ4v) is 2.97. The number of anilines is 1. The van der Waals surface area contributed by atoms with Crippen molar-refractivity contribution in [3.63, 3.8) is 0 Å². The molecule has 2 rings (SSSR count). The first kappa shape index (κ1) is 18.5. The van der Waals surface area contributed by atoms with Crippen molar-refractivity contribution in [3.05, 3.63) is 54.1 Å². The predicted molar refractivity (Wildman–Crippen MR) is 96.5 cm³/mol. The van der Waals surface area contributed by atoms with Crippen molar-refractivity contribution in [2.75, 3.05) is 18.2 Å². The number of ether oxygens (including phenoxy) is 1. The molecule has 0 heterocycles. The number of nitrogens with one attached hydrogen (secondary N) is 1. The zero-order chi connectivity index (χ0) is 18.4. The third-order valence-electron chi connectivity index (χ3n) is 3.49. The van der Waals surface area contributed by atoms with Crippen molar-refractivity contribution >= 4 is 27.5 Å². The summed E-state index contributed by atoms with van der Waals surface area (Å²) in [6, 6.07) is 10.9. The minimum Gasteiger partial charge on any atom is -0.506 e. The average Bonchev–Trinajstić information content (AvgIpc) is 2.62. The lowest BCUT2D eigenvalue weighted by atomic mass is 10.2. The van der Waals surface area contributed by atoms with Gasteiger partial charge in [0.05, 0.1) is 23.4 Å². The number of benzene rings is 2. The minimum atomic E-state index is -3.43. The Morgan fingerprint density at radius 3 is 2.68 bits per heavy atom. The van der Waals surface area contributed by atoms with E-state index >= 15 is 0 Å². The molecule has 0 atom stereocenters. The van der Waals surface area contributed by atoms with E-state index in [9.17, 15) is 18.3 Å². The van der Waals surface area contributed by atoms with Gasteiger partial charge < -0.3 is 15.2 Å². The molecular weight excluding hydrogens is 342 g/mol. The van der Waals surface area contributed by atoms with Gasteiger partial charge in [-0.05, 0) is 42.0 Å². The molecule has 132 valence electrons. The minimum absolute atomic E-state index is 0.0369. The number of phenolic OH excluding ortho intramolecular Hbond substituents is 1. The number of hydrogen-bond donors (Lipinski definition) is 2. The lowest BCUT2D eigenvalue weighted by Crippen LogP contribution is -2.10. The highest BCUT2D eigenvalue weighted by Crippen LogP contribution is 2.27. The Bertz CT molecular complexity index is 903. The van der Waals surface area contributed by atoms with Gasteiger partial charge in [0.25, 0.3) is 0 Å². The first-order chi connectivity index (χ1) is 11.9. The largest absolute Gasteiger partial charge is 0.506 e. The van der Waals surface area contributed by atoms with Gasteiger partial charge in [0.2, 0.25) is 5.91 Å². The molecule has 0 aromatic heterocycles. The summed E-state index contributed by atoms with van der Waals surface area (Å²) in [5.74, 6) is -0.110. The zero-order valence-corrected chi connectivity index (χ0v) is 14.7. The molecule has 0 saturated heterocycles. The van der Waals surface area contributed by atoms with Gasteiger partial charge in [-0.25, -0.2) is 8.42 Å². The van der Waals surface area contributed by atoms with Gasteiger partial charge in [0.1, 0.15) is 11.5 Å². The highest BCUT2D eigenvalue weighted by Gasteiger charge is 2.14. The topological polar surface area (TPSA) is 92.7 Å². The van der Waals surface area contributed by atoms with E-state index in [0.717, 1.165) is 5.56 Å². The van der Waals surface area contributed by atoms with Crippen LogP contribution in [-0.4, -0.2) is 32.3 Å². The molecule has 0 saturated carbocycles. The summed E-state index contributed by atoms with van der Waals surface area (Å²) in [6.07, 6.45) is 2.87. The number of carbonyl (C=O) groups is 1. The molecule has 0 radical (unpaired) electrons. The summed E-state index contributed by atoms with van der Waals surface area (Å²) in [6.45, 7) is 1.53. The maximum atomic E-state index is 12.0. The maximum absolute atomic E-state index is 12.0. The van der Waals surface area contributed by atoms with Gasteiger partial charge in [-0.1, -0.05) is 19.1 Å². The number of sulfone groups is 1. The summed E-state index contributed by atoms with van der Waals surface area (Å²) < 4.78 is 28.9. The summed E-state index contributed by atoms with van der Waals surface area (Å²) >= 11 is 0. The van der Waals surface area contributed by atoms with Gasteiger partial charge in [-0.2, -0.15) is 0 Å². The van der Waals surface area contributed by atoms with Crippen LogP contribution >= 0.6 is 0 Å². The number of hydrogen-bond acceptors (Lipinski definition) is 5. The monoisotopic (exact) mass is 361 g/mol. The second kappa shape index (κ2) is 7.85. The Kier molecular flexibility index (Phi) is 5.82. The summed E-state index contributed by atoms with van der Waals surface area (Å²) in [4.78, 5) is 12.1. The molecule has 0 aliphatic heterocycles. The molecule has 2 N–H and O–H groups in total. The molecule has 0 unspecified atom stereocenters. The van der Waals surface area contributed by atoms with Gasteiger partial charge >= 0.3 is 0 Å². The third kappa shape index (κ3) is 4.84. The van der Waals surface area contributed by atoms with Crippen LogP contribution in [0.5, 0.6) is 11.5 Å². The van der Waals surface area contributed by atoms with Crippen LogP contribution in [0.1, 0.15) is 12.5 Å². The molecule has 0 bridgehead atoms. The highest BCUT2D eigenvalue weighted by molar-refractivity contribution is 7.91. The summed E-state index contributed by atoms with van der Waals surface area (Å²) in [5, 5.41) is 12.3. The fraction of sp³-hybridized carbons (Fsp3) is 0.167. The standard InChI is InChI=1S/C18H19NO5S/c1-3-25(22,23)15-8-9-17(20)16(12-15)19-18(21)10-7-13-5-4-6-14(11-13)24-2/h4-12,20H,3H2,1-2H3,(H,19,21)/b10-7+. The number of phenols is 1. The van der Waals surface area contributed by atoms with Crippen LogP contribution in [0.15, 0.2) is 53.4 Å². The predicted octanol–water partition coefficient (Wildman–Crippen LogP) is 2.85. The van der Waals surface area contributed by atoms with E-state index in [-0.39, 0.29) is 22.1 Å². The Morgan fingerprint density at radius 2 is 2.00 bits per heavy atom. The highest BCUT2D eigenvalue weighted by atomic mass is 32.2. The fourth-order valence-electron chi connectivity index (χ4n) is 2.07. The van der Waals surface area contributed by atoms with Crippen LogP contribution in [0.4, 0.5) is 5.69 Å². The van der Waals surface area contributed by atoms with Crippen molar-refractivity contribution < 1.29 is 23.1 Å². The van der Waals surface area contributed by atoms with E-state index in [2.05, 4.69) is 5.32 Å². The van der Waals surface area contributed by atoms with Crippen LogP contribution < -0.4 is 10.1 Å². The molecule has 0 aliphatic rings. The van der Waals surface area contributed by atoms with Gasteiger partial charge in [0, 0.05) is 6.08 Å². The Labute approximate surface area is 146 Å². The van der Waals surface area contributed by atoms with Crippen LogP contribution in [0.25, 0.3) is 6.08 Å². The number of aromatic hydroxyl groups is 1. The first-order valence-corrected chi connectivity index (χ1v) is 9.20. The second-order valence-corrected chi connectivity index (χ2v) is 7.46. The van der Waals surface area contributed by atoms with Crippen molar-refractivity contribution in [1.29, 1.82) is 0 Å². The molecule has 25 heavy (non-hydrogen) atoms. The smallest absolute Gasteiger partial charge is 0.248 e. The Hall–Kier alpha value is -2.80. The molecule has 7 heteroatoms. The summed E-state index contributed by atoms with van der Waals surface area (Å²) in [7, 11) is -1.88. The number of carbonyl (C=O) groups excluding carboxylic acids is 1. The molecule has 0 spiro atoms. The van der Waals surface area contributed by atoms with Crippen molar-refractivity contribution in [3.8, 4) is 11.5 Å². The van der Waals surface area contributed by atoms with E-state index in [1.807, 2.05) is 0 Å². The molecular formula is C18H19NO5S. The molecule has 2 aromatic carbocycles. The number of methoxy groups -OCH3 is 1. The van der Waals surface area contributed by atoms with Crippen molar-refractivity contribution in [2.24, 2.45) is 0 Å². The third-order valence-corrected chi connectivity index (χ3v) is 5.22. The molecule has 2 aromatic rings. The van der Waals surface area contributed by atoms with Crippen molar-refractivity contribution in [1.82, 2.24) is 0 Å². The van der Waals surface area contributed by atoms with Crippen LogP contribution in [-0.2, 0) is 14.6 Å². The number of amides is 1. The molecule has 1 amide bonds.